The maximum absolute atomic E-state index is 8.89. The second-order valence-electron chi connectivity index (χ2n) is 5.40. The van der Waals surface area contributed by atoms with Gasteiger partial charge in [0.1, 0.15) is 0 Å². The minimum atomic E-state index is 0.248. The van der Waals surface area contributed by atoms with Crippen LogP contribution in [0.25, 0.3) is 0 Å². The van der Waals surface area contributed by atoms with Crippen LogP contribution in [0.4, 0.5) is 5.69 Å². The Morgan fingerprint density at radius 3 is 3.05 bits per heavy atom. The second-order valence-corrected chi connectivity index (χ2v) is 5.40. The fraction of sp³-hybridized carbons (Fsp3) is 0.438. The van der Waals surface area contributed by atoms with E-state index in [-0.39, 0.29) is 6.61 Å². The quantitative estimate of drug-likeness (QED) is 0.814. The first-order valence-electron chi connectivity index (χ1n) is 7.31. The van der Waals surface area contributed by atoms with Gasteiger partial charge in [-0.3, -0.25) is 0 Å². The molecular weight excluding hydrogens is 250 g/mol. The van der Waals surface area contributed by atoms with Crippen LogP contribution in [0.1, 0.15) is 36.6 Å². The summed E-state index contributed by atoms with van der Waals surface area (Å²) in [4.78, 5) is 4.25. The normalized spacial score (nSPS) is 14.4. The fourth-order valence-corrected chi connectivity index (χ4v) is 2.46. The summed E-state index contributed by atoms with van der Waals surface area (Å²) in [7, 11) is 0. The number of rotatable bonds is 7. The van der Waals surface area contributed by atoms with Crippen molar-refractivity contribution in [2.75, 3.05) is 11.9 Å². The smallest absolute Gasteiger partial charge is 0.0951 e. The van der Waals surface area contributed by atoms with Gasteiger partial charge in [0.15, 0.2) is 0 Å². The first-order chi connectivity index (χ1) is 9.86. The lowest BCUT2D eigenvalue weighted by molar-refractivity contribution is 0.288. The maximum Gasteiger partial charge on any atom is 0.0951 e. The maximum atomic E-state index is 8.89. The number of nitrogens with one attached hydrogen (secondary N) is 1. The third-order valence-corrected chi connectivity index (χ3v) is 3.71. The van der Waals surface area contributed by atoms with Crippen molar-refractivity contribution in [2.24, 2.45) is 0 Å². The van der Waals surface area contributed by atoms with Crippen molar-refractivity contribution in [3.05, 3.63) is 48.0 Å². The zero-order valence-corrected chi connectivity index (χ0v) is 11.6. The van der Waals surface area contributed by atoms with Crippen molar-refractivity contribution in [1.82, 2.24) is 9.55 Å². The highest BCUT2D eigenvalue weighted by Crippen LogP contribution is 2.35. The average Bonchev–Trinajstić information content (AvgIpc) is 3.22. The molecule has 4 heteroatoms. The summed E-state index contributed by atoms with van der Waals surface area (Å²) in [6.45, 7) is 1.05. The number of benzene rings is 1. The predicted octanol–water partition coefficient (Wildman–Crippen LogP) is 2.76. The molecule has 2 N–H and O–H groups in total. The van der Waals surface area contributed by atoms with E-state index < -0.39 is 0 Å². The second kappa shape index (κ2) is 6.09. The third-order valence-electron chi connectivity index (χ3n) is 3.71. The van der Waals surface area contributed by atoms with Gasteiger partial charge in [-0.25, -0.2) is 4.98 Å². The average molecular weight is 271 g/mol. The van der Waals surface area contributed by atoms with Crippen molar-refractivity contribution in [3.8, 4) is 0 Å². The highest BCUT2D eigenvalue weighted by molar-refractivity contribution is 5.46. The Labute approximate surface area is 119 Å². The number of aryl methyl sites for hydroxylation is 1. The molecule has 0 unspecified atom stereocenters. The molecule has 3 rings (SSSR count). The van der Waals surface area contributed by atoms with E-state index in [1.807, 2.05) is 12.5 Å². The SMILES string of the molecule is OCCCc1cccc(NCc2cncn2C2CC2)c1. The molecule has 0 bridgehead atoms. The van der Waals surface area contributed by atoms with Crippen LogP contribution in [0.2, 0.25) is 0 Å². The summed E-state index contributed by atoms with van der Waals surface area (Å²) >= 11 is 0. The van der Waals surface area contributed by atoms with Gasteiger partial charge >= 0.3 is 0 Å². The summed E-state index contributed by atoms with van der Waals surface area (Å²) in [5.41, 5.74) is 3.64. The van der Waals surface area contributed by atoms with Gasteiger partial charge in [-0.15, -0.1) is 0 Å². The molecule has 106 valence electrons. The lowest BCUT2D eigenvalue weighted by Gasteiger charge is -2.10. The fourth-order valence-electron chi connectivity index (χ4n) is 2.46. The van der Waals surface area contributed by atoms with Crippen LogP contribution in [-0.4, -0.2) is 21.3 Å². The predicted molar refractivity (Wildman–Crippen MR) is 79.7 cm³/mol. The summed E-state index contributed by atoms with van der Waals surface area (Å²) in [5, 5.41) is 12.4. The summed E-state index contributed by atoms with van der Waals surface area (Å²) in [5.74, 6) is 0. The van der Waals surface area contributed by atoms with E-state index in [0.29, 0.717) is 6.04 Å². The molecule has 0 aliphatic heterocycles. The van der Waals surface area contributed by atoms with E-state index in [2.05, 4.69) is 39.1 Å². The standard InChI is InChI=1S/C16H21N3O/c20-8-2-4-13-3-1-5-14(9-13)18-11-16-10-17-12-19(16)15-6-7-15/h1,3,5,9-10,12,15,18,20H,2,4,6-8,11H2. The van der Waals surface area contributed by atoms with Gasteiger partial charge in [0.2, 0.25) is 0 Å². The van der Waals surface area contributed by atoms with E-state index in [1.165, 1.54) is 24.1 Å². The number of aliphatic hydroxyl groups excluding tert-OH is 1. The number of imidazole rings is 1. The Morgan fingerprint density at radius 2 is 2.25 bits per heavy atom. The third kappa shape index (κ3) is 3.20. The number of anilines is 1. The molecule has 2 aromatic rings. The lowest BCUT2D eigenvalue weighted by atomic mass is 10.1. The molecule has 1 aliphatic rings. The molecule has 20 heavy (non-hydrogen) atoms. The van der Waals surface area contributed by atoms with Gasteiger partial charge in [0, 0.05) is 24.5 Å². The highest BCUT2D eigenvalue weighted by atomic mass is 16.2. The van der Waals surface area contributed by atoms with Crippen LogP contribution in [0.3, 0.4) is 0 Å². The molecular formula is C16H21N3O. The Balaban J connectivity index is 1.61. The van der Waals surface area contributed by atoms with Crippen LogP contribution in [0.15, 0.2) is 36.8 Å². The molecule has 1 heterocycles. The number of hydrogen-bond donors (Lipinski definition) is 2. The largest absolute Gasteiger partial charge is 0.396 e. The summed E-state index contributed by atoms with van der Waals surface area (Å²) in [6.07, 6.45) is 8.18. The molecule has 1 fully saturated rings. The Morgan fingerprint density at radius 1 is 1.35 bits per heavy atom. The monoisotopic (exact) mass is 271 g/mol. The minimum absolute atomic E-state index is 0.248. The molecule has 0 atom stereocenters. The van der Waals surface area contributed by atoms with Gasteiger partial charge in [0.05, 0.1) is 18.6 Å². The first-order valence-corrected chi connectivity index (χ1v) is 7.31. The first kappa shape index (κ1) is 13.2. The van der Waals surface area contributed by atoms with Crippen LogP contribution in [-0.2, 0) is 13.0 Å². The van der Waals surface area contributed by atoms with Crippen LogP contribution in [0.5, 0.6) is 0 Å². The minimum Gasteiger partial charge on any atom is -0.396 e. The van der Waals surface area contributed by atoms with E-state index in [4.69, 9.17) is 5.11 Å². The van der Waals surface area contributed by atoms with Crippen molar-refractivity contribution in [3.63, 3.8) is 0 Å². The Kier molecular flexibility index (Phi) is 4.02. The molecule has 1 aromatic heterocycles. The Hall–Kier alpha value is -1.81. The Bertz CT molecular complexity index is 560. The summed E-state index contributed by atoms with van der Waals surface area (Å²) < 4.78 is 2.28. The molecule has 0 saturated heterocycles. The molecule has 0 amide bonds. The van der Waals surface area contributed by atoms with Gasteiger partial charge in [0.25, 0.3) is 0 Å². The van der Waals surface area contributed by atoms with Crippen LogP contribution < -0.4 is 5.32 Å². The van der Waals surface area contributed by atoms with Gasteiger partial charge in [-0.05, 0) is 43.4 Å². The van der Waals surface area contributed by atoms with Crippen LogP contribution >= 0.6 is 0 Å². The molecule has 0 radical (unpaired) electrons. The van der Waals surface area contributed by atoms with Crippen molar-refractivity contribution < 1.29 is 5.11 Å². The number of aliphatic hydroxyl groups is 1. The van der Waals surface area contributed by atoms with Gasteiger partial charge in [-0.1, -0.05) is 12.1 Å². The number of hydrogen-bond acceptors (Lipinski definition) is 3. The molecule has 4 nitrogen and oxygen atoms in total. The molecule has 1 saturated carbocycles. The van der Waals surface area contributed by atoms with Gasteiger partial charge in [-0.2, -0.15) is 0 Å². The van der Waals surface area contributed by atoms with E-state index in [0.717, 1.165) is 25.1 Å². The zero-order valence-electron chi connectivity index (χ0n) is 11.6. The van der Waals surface area contributed by atoms with Crippen molar-refractivity contribution >= 4 is 5.69 Å². The molecule has 0 spiro atoms. The van der Waals surface area contributed by atoms with Crippen LogP contribution in [0, 0.1) is 0 Å². The van der Waals surface area contributed by atoms with Gasteiger partial charge < -0.3 is 15.0 Å². The highest BCUT2D eigenvalue weighted by Gasteiger charge is 2.24. The summed E-state index contributed by atoms with van der Waals surface area (Å²) in [6, 6.07) is 9.08. The molecule has 1 aliphatic carbocycles. The zero-order chi connectivity index (χ0) is 13.8. The van der Waals surface area contributed by atoms with Crippen molar-refractivity contribution in [1.29, 1.82) is 0 Å². The lowest BCUT2D eigenvalue weighted by Crippen LogP contribution is -2.06. The number of nitrogens with zero attached hydrogens (tertiary/aromatic N) is 2. The van der Waals surface area contributed by atoms with Crippen molar-refractivity contribution in [2.45, 2.75) is 38.3 Å². The topological polar surface area (TPSA) is 50.1 Å². The van der Waals surface area contributed by atoms with E-state index in [9.17, 15) is 0 Å². The van der Waals surface area contributed by atoms with E-state index in [1.54, 1.807) is 0 Å². The van der Waals surface area contributed by atoms with E-state index >= 15 is 0 Å². The number of aromatic nitrogens is 2. The molecule has 1 aromatic carbocycles.